The van der Waals surface area contributed by atoms with Crippen LogP contribution in [0.1, 0.15) is 23.2 Å². The van der Waals surface area contributed by atoms with Gasteiger partial charge in [0.2, 0.25) is 0 Å². The van der Waals surface area contributed by atoms with Crippen molar-refractivity contribution in [2.24, 2.45) is 0 Å². The first-order chi connectivity index (χ1) is 7.13. The van der Waals surface area contributed by atoms with E-state index in [1.165, 1.54) is 7.11 Å². The van der Waals surface area contributed by atoms with Crippen LogP contribution < -0.4 is 0 Å². The van der Waals surface area contributed by atoms with Gasteiger partial charge in [-0.05, 0) is 12.1 Å². The van der Waals surface area contributed by atoms with Crippen LogP contribution in [0, 0.1) is 0 Å². The largest absolute Gasteiger partial charge is 0.469 e. The van der Waals surface area contributed by atoms with Crippen LogP contribution >= 0.6 is 12.6 Å². The van der Waals surface area contributed by atoms with E-state index in [9.17, 15) is 9.59 Å². The van der Waals surface area contributed by atoms with Crippen LogP contribution in [0.4, 0.5) is 0 Å². The molecule has 0 aliphatic carbocycles. The first-order valence-corrected chi connectivity index (χ1v) is 4.97. The summed E-state index contributed by atoms with van der Waals surface area (Å²) in [6.07, 6.45) is 0.302. The number of carbonyl (C=O) groups is 2. The molecular formula is C11H12O3S. The van der Waals surface area contributed by atoms with Gasteiger partial charge in [-0.3, -0.25) is 9.59 Å². The smallest absolute Gasteiger partial charge is 0.305 e. The van der Waals surface area contributed by atoms with Gasteiger partial charge in [0.15, 0.2) is 5.78 Å². The van der Waals surface area contributed by atoms with Crippen molar-refractivity contribution in [3.8, 4) is 0 Å². The number of ketones is 1. The lowest BCUT2D eigenvalue weighted by atomic mass is 10.1. The number of benzene rings is 1. The first-order valence-electron chi connectivity index (χ1n) is 4.52. The van der Waals surface area contributed by atoms with E-state index in [2.05, 4.69) is 17.4 Å². The Labute approximate surface area is 93.8 Å². The summed E-state index contributed by atoms with van der Waals surface area (Å²) in [5.41, 5.74) is 0.594. The Kier molecular flexibility index (Phi) is 4.37. The minimum Gasteiger partial charge on any atom is -0.469 e. The maximum absolute atomic E-state index is 11.5. The molecule has 0 aromatic heterocycles. The third-order valence-corrected chi connectivity index (χ3v) is 2.27. The Balaban J connectivity index is 2.54. The predicted molar refractivity (Wildman–Crippen MR) is 59.3 cm³/mol. The van der Waals surface area contributed by atoms with Gasteiger partial charge in [-0.15, -0.1) is 12.6 Å². The summed E-state index contributed by atoms with van der Waals surface area (Å²) in [6.45, 7) is 0. The van der Waals surface area contributed by atoms with Gasteiger partial charge in [0.1, 0.15) is 0 Å². The molecule has 4 heteroatoms. The number of hydrogen-bond donors (Lipinski definition) is 1. The minimum atomic E-state index is -0.367. The van der Waals surface area contributed by atoms with Crippen LogP contribution in [-0.4, -0.2) is 18.9 Å². The van der Waals surface area contributed by atoms with Gasteiger partial charge in [-0.2, -0.15) is 0 Å². The van der Waals surface area contributed by atoms with Gasteiger partial charge in [0.05, 0.1) is 13.5 Å². The van der Waals surface area contributed by atoms with Crippen molar-refractivity contribution in [3.05, 3.63) is 29.8 Å². The average Bonchev–Trinajstić information content (AvgIpc) is 2.26. The predicted octanol–water partition coefficient (Wildman–Crippen LogP) is 2.11. The van der Waals surface area contributed by atoms with Crippen molar-refractivity contribution in [3.63, 3.8) is 0 Å². The SMILES string of the molecule is COC(=O)CCC(=O)c1ccc(S)cc1. The zero-order chi connectivity index (χ0) is 11.3. The third kappa shape index (κ3) is 3.75. The fourth-order valence-corrected chi connectivity index (χ4v) is 1.26. The summed E-state index contributed by atoms with van der Waals surface area (Å²) >= 11 is 4.11. The fraction of sp³-hybridized carbons (Fsp3) is 0.273. The molecule has 1 aromatic rings. The van der Waals surface area contributed by atoms with E-state index in [1.54, 1.807) is 24.3 Å². The molecule has 0 N–H and O–H groups in total. The second kappa shape index (κ2) is 5.56. The van der Waals surface area contributed by atoms with Crippen LogP contribution in [0.15, 0.2) is 29.2 Å². The average molecular weight is 224 g/mol. The molecule has 1 aromatic carbocycles. The van der Waals surface area contributed by atoms with Crippen molar-refractivity contribution >= 4 is 24.4 Å². The monoisotopic (exact) mass is 224 g/mol. The third-order valence-electron chi connectivity index (χ3n) is 1.97. The van der Waals surface area contributed by atoms with Crippen molar-refractivity contribution in [2.45, 2.75) is 17.7 Å². The second-order valence-corrected chi connectivity index (χ2v) is 3.56. The number of ether oxygens (including phenoxy) is 1. The summed E-state index contributed by atoms with van der Waals surface area (Å²) in [5, 5.41) is 0. The maximum atomic E-state index is 11.5. The molecule has 15 heavy (non-hydrogen) atoms. The summed E-state index contributed by atoms with van der Waals surface area (Å²) in [7, 11) is 1.31. The van der Waals surface area contributed by atoms with E-state index >= 15 is 0 Å². The molecule has 0 bridgehead atoms. The standard InChI is InChI=1S/C11H12O3S/c1-14-11(13)7-6-10(12)8-2-4-9(15)5-3-8/h2-5,15H,6-7H2,1H3. The van der Waals surface area contributed by atoms with E-state index in [0.717, 1.165) is 4.90 Å². The highest BCUT2D eigenvalue weighted by Crippen LogP contribution is 2.10. The van der Waals surface area contributed by atoms with Crippen LogP contribution in [0.3, 0.4) is 0 Å². The normalized spacial score (nSPS) is 9.73. The molecule has 0 radical (unpaired) electrons. The molecule has 0 aliphatic heterocycles. The molecule has 1 rings (SSSR count). The minimum absolute atomic E-state index is 0.0614. The zero-order valence-corrected chi connectivity index (χ0v) is 9.29. The summed E-state index contributed by atoms with van der Waals surface area (Å²) < 4.78 is 4.45. The molecule has 0 aliphatic rings. The van der Waals surface area contributed by atoms with E-state index in [0.29, 0.717) is 5.56 Å². The highest BCUT2D eigenvalue weighted by Gasteiger charge is 2.08. The van der Waals surface area contributed by atoms with Crippen LogP contribution in [-0.2, 0) is 9.53 Å². The molecule has 0 unspecified atom stereocenters. The molecule has 0 saturated heterocycles. The zero-order valence-electron chi connectivity index (χ0n) is 8.40. The van der Waals surface area contributed by atoms with Gasteiger partial charge in [0, 0.05) is 16.9 Å². The number of thiol groups is 1. The number of hydrogen-bond acceptors (Lipinski definition) is 4. The molecular weight excluding hydrogens is 212 g/mol. The van der Waals surface area contributed by atoms with E-state index in [-0.39, 0.29) is 24.6 Å². The van der Waals surface area contributed by atoms with Crippen molar-refractivity contribution < 1.29 is 14.3 Å². The summed E-state index contributed by atoms with van der Waals surface area (Å²) in [6, 6.07) is 6.88. The van der Waals surface area contributed by atoms with Gasteiger partial charge in [-0.1, -0.05) is 12.1 Å². The molecule has 80 valence electrons. The highest BCUT2D eigenvalue weighted by atomic mass is 32.1. The second-order valence-electron chi connectivity index (χ2n) is 3.05. The Morgan fingerprint density at radius 2 is 1.80 bits per heavy atom. The van der Waals surface area contributed by atoms with Gasteiger partial charge in [-0.25, -0.2) is 0 Å². The number of carbonyl (C=O) groups excluding carboxylic acids is 2. The molecule has 0 amide bonds. The Bertz CT molecular complexity index is 357. The lowest BCUT2D eigenvalue weighted by molar-refractivity contribution is -0.140. The number of rotatable bonds is 4. The number of methoxy groups -OCH3 is 1. The van der Waals surface area contributed by atoms with Crippen LogP contribution in [0.25, 0.3) is 0 Å². The maximum Gasteiger partial charge on any atom is 0.305 e. The van der Waals surface area contributed by atoms with Gasteiger partial charge < -0.3 is 4.74 Å². The molecule has 0 spiro atoms. The number of Topliss-reactive ketones (excluding diaryl/α,β-unsaturated/α-hetero) is 1. The summed E-state index contributed by atoms with van der Waals surface area (Å²) in [5.74, 6) is -0.428. The van der Waals surface area contributed by atoms with Gasteiger partial charge in [0.25, 0.3) is 0 Å². The molecule has 0 heterocycles. The molecule has 0 atom stereocenters. The molecule has 0 fully saturated rings. The van der Waals surface area contributed by atoms with Crippen molar-refractivity contribution in [1.82, 2.24) is 0 Å². The van der Waals surface area contributed by atoms with E-state index in [1.807, 2.05) is 0 Å². The lowest BCUT2D eigenvalue weighted by Crippen LogP contribution is -2.05. The van der Waals surface area contributed by atoms with E-state index < -0.39 is 0 Å². The number of esters is 1. The molecule has 3 nitrogen and oxygen atoms in total. The quantitative estimate of drug-likeness (QED) is 0.484. The lowest BCUT2D eigenvalue weighted by Gasteiger charge is -2.00. The Hall–Kier alpha value is -1.29. The van der Waals surface area contributed by atoms with Crippen molar-refractivity contribution in [1.29, 1.82) is 0 Å². The van der Waals surface area contributed by atoms with Crippen molar-refractivity contribution in [2.75, 3.05) is 7.11 Å². The molecule has 0 saturated carbocycles. The topological polar surface area (TPSA) is 43.4 Å². The van der Waals surface area contributed by atoms with Crippen LogP contribution in [0.2, 0.25) is 0 Å². The first kappa shape index (κ1) is 11.8. The van der Waals surface area contributed by atoms with Gasteiger partial charge >= 0.3 is 5.97 Å². The van der Waals surface area contributed by atoms with Crippen LogP contribution in [0.5, 0.6) is 0 Å². The van der Waals surface area contributed by atoms with E-state index in [4.69, 9.17) is 0 Å². The summed E-state index contributed by atoms with van der Waals surface area (Å²) in [4.78, 5) is 23.2. The fourth-order valence-electron chi connectivity index (χ4n) is 1.11. The highest BCUT2D eigenvalue weighted by molar-refractivity contribution is 7.80. The Morgan fingerprint density at radius 3 is 2.33 bits per heavy atom. The Morgan fingerprint density at radius 1 is 1.20 bits per heavy atom.